The molecular formula is C21H25NO5S. The first-order valence-electron chi connectivity index (χ1n) is 9.44. The average Bonchev–Trinajstić information content (AvgIpc) is 3.19. The third kappa shape index (κ3) is 3.51. The Morgan fingerprint density at radius 2 is 2.11 bits per heavy atom. The Hall–Kier alpha value is -2.41. The van der Waals surface area contributed by atoms with Crippen LogP contribution in [0.25, 0.3) is 0 Å². The molecule has 0 amide bonds. The lowest BCUT2D eigenvalue weighted by molar-refractivity contribution is -0.151. The lowest BCUT2D eigenvalue weighted by atomic mass is 9.70. The van der Waals surface area contributed by atoms with E-state index in [0.29, 0.717) is 36.3 Å². The fourth-order valence-electron chi connectivity index (χ4n) is 3.96. The summed E-state index contributed by atoms with van der Waals surface area (Å²) in [5.41, 5.74) is 2.38. The Morgan fingerprint density at radius 1 is 1.36 bits per heavy atom. The Bertz CT molecular complexity index is 852. The van der Waals surface area contributed by atoms with Gasteiger partial charge in [0.15, 0.2) is 5.78 Å². The van der Waals surface area contributed by atoms with Crippen molar-refractivity contribution in [2.75, 3.05) is 13.7 Å². The van der Waals surface area contributed by atoms with E-state index in [4.69, 9.17) is 9.47 Å². The van der Waals surface area contributed by atoms with Crippen molar-refractivity contribution in [2.24, 2.45) is 11.8 Å². The predicted octanol–water partition coefficient (Wildman–Crippen LogP) is 3.31. The lowest BCUT2D eigenvalue weighted by Gasteiger charge is -2.37. The number of Topliss-reactive ketones (excluding diaryl/α,β-unsaturated/α-hetero) is 1. The van der Waals surface area contributed by atoms with E-state index >= 15 is 0 Å². The third-order valence-corrected chi connectivity index (χ3v) is 6.17. The Morgan fingerprint density at radius 3 is 2.71 bits per heavy atom. The maximum absolute atomic E-state index is 13.4. The van der Waals surface area contributed by atoms with E-state index in [2.05, 4.69) is 5.32 Å². The molecule has 1 aliphatic heterocycles. The monoisotopic (exact) mass is 403 g/mol. The van der Waals surface area contributed by atoms with E-state index in [-0.39, 0.29) is 11.7 Å². The number of dihydropyridines is 1. The molecule has 1 aromatic heterocycles. The Labute approximate surface area is 168 Å². The smallest absolute Gasteiger partial charge is 0.336 e. The Balaban J connectivity index is 2.10. The molecule has 0 unspecified atom stereocenters. The highest BCUT2D eigenvalue weighted by molar-refractivity contribution is 7.10. The summed E-state index contributed by atoms with van der Waals surface area (Å²) in [4.78, 5) is 39.4. The number of carbonyl (C=O) groups excluding carboxylic acids is 3. The number of esters is 2. The number of hydrogen-bond donors (Lipinski definition) is 1. The van der Waals surface area contributed by atoms with Crippen LogP contribution >= 0.6 is 11.3 Å². The predicted molar refractivity (Wildman–Crippen MR) is 105 cm³/mol. The fourth-order valence-corrected chi connectivity index (χ4v) is 4.81. The number of methoxy groups -OCH3 is 1. The summed E-state index contributed by atoms with van der Waals surface area (Å²) in [6.07, 6.45) is 1.25. The molecular weight excluding hydrogens is 378 g/mol. The van der Waals surface area contributed by atoms with E-state index in [1.807, 2.05) is 38.3 Å². The molecule has 3 rings (SSSR count). The highest BCUT2D eigenvalue weighted by Gasteiger charge is 2.47. The highest BCUT2D eigenvalue weighted by Crippen LogP contribution is 2.46. The van der Waals surface area contributed by atoms with Gasteiger partial charge in [0.1, 0.15) is 5.92 Å². The minimum atomic E-state index is -0.862. The van der Waals surface area contributed by atoms with Crippen LogP contribution < -0.4 is 5.32 Å². The van der Waals surface area contributed by atoms with Crippen molar-refractivity contribution in [1.82, 2.24) is 5.32 Å². The fraction of sp³-hybridized carbons (Fsp3) is 0.476. The van der Waals surface area contributed by atoms with Gasteiger partial charge in [-0.1, -0.05) is 19.9 Å². The molecule has 0 saturated carbocycles. The summed E-state index contributed by atoms with van der Waals surface area (Å²) in [6.45, 7) is 5.94. The number of hydrogen-bond acceptors (Lipinski definition) is 7. The van der Waals surface area contributed by atoms with Gasteiger partial charge < -0.3 is 14.8 Å². The van der Waals surface area contributed by atoms with Gasteiger partial charge in [-0.2, -0.15) is 0 Å². The maximum Gasteiger partial charge on any atom is 0.336 e. The number of allylic oxidation sites excluding steroid dienone is 3. The van der Waals surface area contributed by atoms with Crippen LogP contribution in [0.15, 0.2) is 40.1 Å². The minimum Gasteiger partial charge on any atom is -0.468 e. The molecule has 6 nitrogen and oxygen atoms in total. The van der Waals surface area contributed by atoms with Gasteiger partial charge in [0.2, 0.25) is 0 Å². The standard InChI is InChI=1S/C21H25NO5S/c1-5-8-27-21(25)16-12(3)22-13-10-11(2)15(20(24)26-4)19(23)17(13)18(16)14-7-6-9-28-14/h6-7,9,11,15,18,22H,5,8,10H2,1-4H3/t11-,15-,18+/m1/s1. The van der Waals surface area contributed by atoms with Crippen molar-refractivity contribution >= 4 is 29.1 Å². The topological polar surface area (TPSA) is 81.7 Å². The van der Waals surface area contributed by atoms with Crippen molar-refractivity contribution in [1.29, 1.82) is 0 Å². The van der Waals surface area contributed by atoms with Gasteiger partial charge in [0.05, 0.1) is 25.2 Å². The number of ketones is 1. The van der Waals surface area contributed by atoms with Crippen LogP contribution in [0.5, 0.6) is 0 Å². The van der Waals surface area contributed by atoms with E-state index < -0.39 is 23.8 Å². The molecule has 150 valence electrons. The van der Waals surface area contributed by atoms with Crippen LogP contribution in [-0.4, -0.2) is 31.4 Å². The number of nitrogens with one attached hydrogen (secondary N) is 1. The molecule has 1 N–H and O–H groups in total. The van der Waals surface area contributed by atoms with Gasteiger partial charge in [-0.3, -0.25) is 9.59 Å². The van der Waals surface area contributed by atoms with Crippen molar-refractivity contribution in [3.8, 4) is 0 Å². The zero-order chi connectivity index (χ0) is 20.4. The van der Waals surface area contributed by atoms with Crippen LogP contribution in [0.1, 0.15) is 44.4 Å². The number of carbonyl (C=O) groups is 3. The van der Waals surface area contributed by atoms with Crippen molar-refractivity contribution in [3.05, 3.63) is 44.9 Å². The molecule has 0 saturated heterocycles. The zero-order valence-corrected chi connectivity index (χ0v) is 17.4. The highest BCUT2D eigenvalue weighted by atomic mass is 32.1. The van der Waals surface area contributed by atoms with Gasteiger partial charge in [0, 0.05) is 21.8 Å². The van der Waals surface area contributed by atoms with Gasteiger partial charge in [-0.25, -0.2) is 4.79 Å². The van der Waals surface area contributed by atoms with Crippen LogP contribution in [0.3, 0.4) is 0 Å². The van der Waals surface area contributed by atoms with Gasteiger partial charge >= 0.3 is 11.9 Å². The van der Waals surface area contributed by atoms with Crippen molar-refractivity contribution in [3.63, 3.8) is 0 Å². The molecule has 1 aromatic rings. The summed E-state index contributed by atoms with van der Waals surface area (Å²) >= 11 is 1.48. The van der Waals surface area contributed by atoms with Crippen LogP contribution in [-0.2, 0) is 23.9 Å². The molecule has 0 bridgehead atoms. The van der Waals surface area contributed by atoms with E-state index in [0.717, 1.165) is 10.6 Å². The van der Waals surface area contributed by atoms with Crippen molar-refractivity contribution < 1.29 is 23.9 Å². The largest absolute Gasteiger partial charge is 0.468 e. The molecule has 0 aromatic carbocycles. The summed E-state index contributed by atoms with van der Waals surface area (Å²) < 4.78 is 10.3. The summed E-state index contributed by atoms with van der Waals surface area (Å²) in [6, 6.07) is 3.80. The minimum absolute atomic E-state index is 0.184. The molecule has 3 atom stereocenters. The second-order valence-corrected chi connectivity index (χ2v) is 8.17. The van der Waals surface area contributed by atoms with Crippen LogP contribution in [0, 0.1) is 11.8 Å². The van der Waals surface area contributed by atoms with Crippen molar-refractivity contribution in [2.45, 2.75) is 39.5 Å². The van der Waals surface area contributed by atoms with Crippen LogP contribution in [0.4, 0.5) is 0 Å². The van der Waals surface area contributed by atoms with Gasteiger partial charge in [-0.15, -0.1) is 11.3 Å². The third-order valence-electron chi connectivity index (χ3n) is 5.23. The SMILES string of the molecule is CCCOC(=O)C1=C(C)NC2=C(C(=O)[C@H](C(=O)OC)[C@H](C)C2)[C@H]1c1cccs1. The van der Waals surface area contributed by atoms with Gasteiger partial charge in [-0.05, 0) is 37.1 Å². The molecule has 2 aliphatic rings. The molecule has 0 radical (unpaired) electrons. The summed E-state index contributed by atoms with van der Waals surface area (Å²) in [5.74, 6) is -2.82. The average molecular weight is 404 g/mol. The molecule has 0 fully saturated rings. The number of ether oxygens (including phenoxy) is 2. The summed E-state index contributed by atoms with van der Waals surface area (Å²) in [5, 5.41) is 5.16. The Kier molecular flexibility index (Phi) is 6.03. The summed E-state index contributed by atoms with van der Waals surface area (Å²) in [7, 11) is 1.29. The second-order valence-electron chi connectivity index (χ2n) is 7.19. The van der Waals surface area contributed by atoms with E-state index in [1.165, 1.54) is 18.4 Å². The second kappa shape index (κ2) is 8.31. The lowest BCUT2D eigenvalue weighted by Crippen LogP contribution is -2.43. The molecule has 7 heteroatoms. The van der Waals surface area contributed by atoms with Crippen LogP contribution in [0.2, 0.25) is 0 Å². The number of rotatable bonds is 5. The maximum atomic E-state index is 13.4. The zero-order valence-electron chi connectivity index (χ0n) is 16.5. The first-order chi connectivity index (χ1) is 13.4. The molecule has 1 aliphatic carbocycles. The molecule has 0 spiro atoms. The normalized spacial score (nSPS) is 24.6. The number of thiophene rings is 1. The first kappa shape index (κ1) is 20.3. The quantitative estimate of drug-likeness (QED) is 0.600. The van der Waals surface area contributed by atoms with E-state index in [9.17, 15) is 14.4 Å². The van der Waals surface area contributed by atoms with E-state index in [1.54, 1.807) is 0 Å². The molecule has 28 heavy (non-hydrogen) atoms. The first-order valence-corrected chi connectivity index (χ1v) is 10.3. The van der Waals surface area contributed by atoms with Gasteiger partial charge in [0.25, 0.3) is 0 Å². The molecule has 2 heterocycles.